The van der Waals surface area contributed by atoms with Gasteiger partial charge in [-0.3, -0.25) is 0 Å². The number of rotatable bonds is 1. The summed E-state index contributed by atoms with van der Waals surface area (Å²) in [5.74, 6) is 0. The van der Waals surface area contributed by atoms with E-state index in [0.29, 0.717) is 6.54 Å². The maximum Gasteiger partial charge on any atom is 0.0736 e. The van der Waals surface area contributed by atoms with E-state index in [0.717, 1.165) is 0 Å². The number of alkyl halides is 1. The predicted molar refractivity (Wildman–Crippen MR) is 40.5 cm³/mol. The molecule has 0 spiro atoms. The molecular weight excluding hydrogens is 209 g/mol. The van der Waals surface area contributed by atoms with Crippen LogP contribution >= 0.6 is 35.2 Å². The van der Waals surface area contributed by atoms with Crippen molar-refractivity contribution in [2.75, 3.05) is 6.54 Å². The summed E-state index contributed by atoms with van der Waals surface area (Å²) in [7, 11) is 0. The minimum Gasteiger partial charge on any atom is -0.328 e. The van der Waals surface area contributed by atoms with Gasteiger partial charge in [0.05, 0.1) is 2.75 Å². The SMILES string of the molecule is CC(S)(I)CN. The summed E-state index contributed by atoms with van der Waals surface area (Å²) in [4.78, 5) is 0. The first-order valence-electron chi connectivity index (χ1n) is 1.67. The fourth-order valence-corrected chi connectivity index (χ4v) is 0. The van der Waals surface area contributed by atoms with Crippen LogP contribution in [0.15, 0.2) is 0 Å². The molecule has 1 unspecified atom stereocenters. The number of thiol groups is 1. The van der Waals surface area contributed by atoms with Gasteiger partial charge in [0.2, 0.25) is 0 Å². The Hall–Kier alpha value is 1.04. The van der Waals surface area contributed by atoms with E-state index in [4.69, 9.17) is 5.73 Å². The van der Waals surface area contributed by atoms with Crippen LogP contribution in [0.5, 0.6) is 0 Å². The normalized spacial score (nSPS) is 20.0. The van der Waals surface area contributed by atoms with Crippen molar-refractivity contribution in [3.05, 3.63) is 0 Å². The van der Waals surface area contributed by atoms with Gasteiger partial charge < -0.3 is 5.73 Å². The molecule has 0 radical (unpaired) electrons. The summed E-state index contributed by atoms with van der Waals surface area (Å²) >= 11 is 6.30. The lowest BCUT2D eigenvalue weighted by Gasteiger charge is -2.08. The second-order valence-corrected chi connectivity index (χ2v) is 5.57. The molecule has 0 fully saturated rings. The van der Waals surface area contributed by atoms with Crippen LogP contribution in [0.3, 0.4) is 0 Å². The summed E-state index contributed by atoms with van der Waals surface area (Å²) in [6.45, 7) is 2.59. The van der Waals surface area contributed by atoms with Crippen molar-refractivity contribution < 1.29 is 0 Å². The molecule has 0 saturated carbocycles. The Morgan fingerprint density at radius 1 is 2.00 bits per heavy atom. The minimum atomic E-state index is -0.0161. The lowest BCUT2D eigenvalue weighted by Crippen LogP contribution is -2.19. The van der Waals surface area contributed by atoms with Crippen LogP contribution in [0, 0.1) is 0 Å². The Bertz CT molecular complexity index is 40.5. The van der Waals surface area contributed by atoms with Gasteiger partial charge in [0.1, 0.15) is 0 Å². The van der Waals surface area contributed by atoms with Crippen molar-refractivity contribution in [2.24, 2.45) is 5.73 Å². The molecule has 3 heteroatoms. The molecule has 38 valence electrons. The first-order valence-corrected chi connectivity index (χ1v) is 3.20. The molecule has 0 saturated heterocycles. The molecule has 0 heterocycles. The fraction of sp³-hybridized carbons (Fsp3) is 1.00. The molecule has 0 bridgehead atoms. The molecule has 0 aromatic rings. The Balaban J connectivity index is 3.17. The molecule has 0 aliphatic rings. The van der Waals surface area contributed by atoms with Crippen molar-refractivity contribution in [3.8, 4) is 0 Å². The van der Waals surface area contributed by atoms with Crippen molar-refractivity contribution in [3.63, 3.8) is 0 Å². The zero-order valence-electron chi connectivity index (χ0n) is 3.61. The summed E-state index contributed by atoms with van der Waals surface area (Å²) in [6.07, 6.45) is 0. The zero-order chi connectivity index (χ0) is 5.21. The first kappa shape index (κ1) is 7.04. The van der Waals surface area contributed by atoms with E-state index in [-0.39, 0.29) is 2.75 Å². The quantitative estimate of drug-likeness (QED) is 0.383. The first-order chi connectivity index (χ1) is 2.56. The molecule has 0 rings (SSSR count). The highest BCUT2D eigenvalue weighted by Gasteiger charge is 2.07. The van der Waals surface area contributed by atoms with Gasteiger partial charge in [-0.2, -0.15) is 12.6 Å². The van der Waals surface area contributed by atoms with E-state index >= 15 is 0 Å². The van der Waals surface area contributed by atoms with E-state index in [1.807, 2.05) is 6.92 Å². The Morgan fingerprint density at radius 2 is 2.17 bits per heavy atom. The van der Waals surface area contributed by atoms with Crippen LogP contribution in [-0.4, -0.2) is 9.30 Å². The minimum absolute atomic E-state index is 0.0161. The van der Waals surface area contributed by atoms with Gasteiger partial charge in [0.15, 0.2) is 0 Å². The Labute approximate surface area is 57.2 Å². The van der Waals surface area contributed by atoms with Crippen LogP contribution in [0.25, 0.3) is 0 Å². The number of nitrogens with two attached hydrogens (primary N) is 1. The van der Waals surface area contributed by atoms with E-state index in [2.05, 4.69) is 35.2 Å². The van der Waals surface area contributed by atoms with Crippen molar-refractivity contribution >= 4 is 35.2 Å². The largest absolute Gasteiger partial charge is 0.328 e. The highest BCUT2D eigenvalue weighted by atomic mass is 127. The summed E-state index contributed by atoms with van der Waals surface area (Å²) in [6, 6.07) is 0. The number of halogens is 1. The van der Waals surface area contributed by atoms with Crippen LogP contribution < -0.4 is 5.73 Å². The predicted octanol–water partition coefficient (Wildman–Crippen LogP) is 1.03. The van der Waals surface area contributed by atoms with Crippen LogP contribution in [0.1, 0.15) is 6.92 Å². The van der Waals surface area contributed by atoms with Gasteiger partial charge in [0, 0.05) is 6.54 Å². The molecule has 6 heavy (non-hydrogen) atoms. The second-order valence-electron chi connectivity index (χ2n) is 1.35. The number of hydrogen-bond acceptors (Lipinski definition) is 2. The van der Waals surface area contributed by atoms with Gasteiger partial charge in [-0.1, -0.05) is 22.6 Å². The topological polar surface area (TPSA) is 26.0 Å². The van der Waals surface area contributed by atoms with E-state index in [9.17, 15) is 0 Å². The van der Waals surface area contributed by atoms with Crippen LogP contribution in [0.2, 0.25) is 0 Å². The molecule has 1 atom stereocenters. The Morgan fingerprint density at radius 3 is 2.17 bits per heavy atom. The second kappa shape index (κ2) is 2.37. The molecule has 0 aliphatic heterocycles. The summed E-state index contributed by atoms with van der Waals surface area (Å²) < 4.78 is -0.0161. The molecule has 0 aromatic carbocycles. The lowest BCUT2D eigenvalue weighted by molar-refractivity contribution is 0.933. The Kier molecular flexibility index (Phi) is 2.78. The third kappa shape index (κ3) is 5.04. The summed E-state index contributed by atoms with van der Waals surface area (Å²) in [5.41, 5.74) is 5.22. The van der Waals surface area contributed by atoms with Gasteiger partial charge in [0.25, 0.3) is 0 Å². The zero-order valence-corrected chi connectivity index (χ0v) is 6.66. The monoisotopic (exact) mass is 217 g/mol. The molecule has 1 nitrogen and oxygen atoms in total. The molecule has 0 amide bonds. The van der Waals surface area contributed by atoms with Gasteiger partial charge >= 0.3 is 0 Å². The van der Waals surface area contributed by atoms with Crippen molar-refractivity contribution in [1.82, 2.24) is 0 Å². The fourth-order valence-electron chi connectivity index (χ4n) is 0. The highest BCUT2D eigenvalue weighted by Crippen LogP contribution is 2.19. The molecule has 0 aromatic heterocycles. The highest BCUT2D eigenvalue weighted by molar-refractivity contribution is 14.1. The van der Waals surface area contributed by atoms with Crippen LogP contribution in [-0.2, 0) is 0 Å². The van der Waals surface area contributed by atoms with Gasteiger partial charge in [-0.15, -0.1) is 0 Å². The van der Waals surface area contributed by atoms with Crippen molar-refractivity contribution in [2.45, 2.75) is 9.68 Å². The van der Waals surface area contributed by atoms with Crippen LogP contribution in [0.4, 0.5) is 0 Å². The van der Waals surface area contributed by atoms with Gasteiger partial charge in [-0.25, -0.2) is 0 Å². The molecule has 0 aliphatic carbocycles. The van der Waals surface area contributed by atoms with E-state index < -0.39 is 0 Å². The third-order valence-electron chi connectivity index (χ3n) is 0.373. The lowest BCUT2D eigenvalue weighted by atomic mass is 10.5. The maximum absolute atomic E-state index is 5.22. The van der Waals surface area contributed by atoms with Gasteiger partial charge in [-0.05, 0) is 6.92 Å². The smallest absolute Gasteiger partial charge is 0.0736 e. The number of hydrogen-bond donors (Lipinski definition) is 2. The van der Waals surface area contributed by atoms with E-state index in [1.165, 1.54) is 0 Å². The molecular formula is C3H8INS. The molecule has 2 N–H and O–H groups in total. The maximum atomic E-state index is 5.22. The van der Waals surface area contributed by atoms with Crippen molar-refractivity contribution in [1.29, 1.82) is 0 Å². The average Bonchev–Trinajstić information content (AvgIpc) is 1.35. The average molecular weight is 217 g/mol. The van der Waals surface area contributed by atoms with E-state index in [1.54, 1.807) is 0 Å². The standard InChI is InChI=1S/C3H8INS/c1-3(4,6)2-5/h6H,2,5H2,1H3. The summed E-state index contributed by atoms with van der Waals surface area (Å²) in [5, 5.41) is 0. The third-order valence-corrected chi connectivity index (χ3v) is 0.996.